The summed E-state index contributed by atoms with van der Waals surface area (Å²) < 4.78 is 21.1. The summed E-state index contributed by atoms with van der Waals surface area (Å²) in [6.45, 7) is 8.43. The van der Waals surface area contributed by atoms with Crippen molar-refractivity contribution in [1.82, 2.24) is 0 Å². The van der Waals surface area contributed by atoms with E-state index in [0.717, 1.165) is 52.1 Å². The van der Waals surface area contributed by atoms with Crippen molar-refractivity contribution in [3.05, 3.63) is 0 Å². The molecule has 0 radical (unpaired) electrons. The van der Waals surface area contributed by atoms with E-state index in [9.17, 15) is 4.79 Å². The van der Waals surface area contributed by atoms with Crippen LogP contribution in [0, 0.1) is 0 Å². The Kier molecular flexibility index (Phi) is 15.9. The highest BCUT2D eigenvalue weighted by molar-refractivity contribution is 5.65. The molecule has 0 saturated carbocycles. The zero-order valence-corrected chi connectivity index (χ0v) is 13.0. The van der Waals surface area contributed by atoms with Crippen molar-refractivity contribution in [2.75, 3.05) is 46.2 Å². The normalized spacial score (nSPS) is 10.7. The molecule has 0 N–H and O–H groups in total. The van der Waals surface area contributed by atoms with E-state index in [-0.39, 0.29) is 5.97 Å². The first kappa shape index (κ1) is 19.4. The maximum Gasteiger partial charge on any atom is 0.302 e. The summed E-state index contributed by atoms with van der Waals surface area (Å²) in [6.07, 6.45) is 4.90. The number of unbranched alkanes of at least 4 members (excludes halogenated alkanes) is 1. The molecule has 0 saturated heterocycles. The molecule has 0 spiro atoms. The molecule has 0 heterocycles. The van der Waals surface area contributed by atoms with Crippen LogP contribution in [0.2, 0.25) is 0 Å². The molecule has 0 atom stereocenters. The van der Waals surface area contributed by atoms with Gasteiger partial charge in [-0.05, 0) is 19.3 Å². The van der Waals surface area contributed by atoms with Crippen molar-refractivity contribution < 1.29 is 23.7 Å². The molecule has 0 unspecified atom stereocenters. The van der Waals surface area contributed by atoms with Crippen LogP contribution in [0.25, 0.3) is 0 Å². The third kappa shape index (κ3) is 17.4. The lowest BCUT2D eigenvalue weighted by Crippen LogP contribution is -2.07. The van der Waals surface area contributed by atoms with Crippen LogP contribution >= 0.6 is 0 Å². The second-order valence-corrected chi connectivity index (χ2v) is 4.59. The van der Waals surface area contributed by atoms with Gasteiger partial charge in [-0.3, -0.25) is 4.79 Å². The molecule has 0 bridgehead atoms. The fourth-order valence-corrected chi connectivity index (χ4v) is 1.46. The van der Waals surface area contributed by atoms with Crippen LogP contribution < -0.4 is 0 Å². The quantitative estimate of drug-likeness (QED) is 0.343. The Labute approximate surface area is 122 Å². The zero-order valence-electron chi connectivity index (χ0n) is 13.0. The Balaban J connectivity index is 2.94. The number of esters is 1. The van der Waals surface area contributed by atoms with Gasteiger partial charge in [-0.2, -0.15) is 0 Å². The molecule has 5 heteroatoms. The van der Waals surface area contributed by atoms with Crippen LogP contribution in [0.15, 0.2) is 0 Å². The molecular formula is C15H30O5. The van der Waals surface area contributed by atoms with E-state index in [2.05, 4.69) is 6.92 Å². The molecule has 0 aromatic heterocycles. The minimum absolute atomic E-state index is 0.239. The highest BCUT2D eigenvalue weighted by atomic mass is 16.5. The Morgan fingerprint density at radius 3 is 1.50 bits per heavy atom. The average Bonchev–Trinajstić information content (AvgIpc) is 2.43. The minimum atomic E-state index is -0.239. The Bertz CT molecular complexity index is 208. The van der Waals surface area contributed by atoms with E-state index in [0.29, 0.717) is 19.8 Å². The van der Waals surface area contributed by atoms with Gasteiger partial charge in [0.15, 0.2) is 0 Å². The average molecular weight is 290 g/mol. The van der Waals surface area contributed by atoms with E-state index >= 15 is 0 Å². The van der Waals surface area contributed by atoms with E-state index in [1.807, 2.05) is 0 Å². The molecule has 0 aliphatic carbocycles. The van der Waals surface area contributed by atoms with Gasteiger partial charge in [0.2, 0.25) is 0 Å². The molecule has 0 aromatic carbocycles. The first-order valence-electron chi connectivity index (χ1n) is 7.64. The van der Waals surface area contributed by atoms with Gasteiger partial charge in [0.25, 0.3) is 0 Å². The zero-order chi connectivity index (χ0) is 14.9. The lowest BCUT2D eigenvalue weighted by molar-refractivity contribution is -0.141. The second-order valence-electron chi connectivity index (χ2n) is 4.59. The van der Waals surface area contributed by atoms with Crippen LogP contribution in [0.1, 0.15) is 46.0 Å². The van der Waals surface area contributed by atoms with Gasteiger partial charge in [0.1, 0.15) is 0 Å². The van der Waals surface area contributed by atoms with Crippen molar-refractivity contribution >= 4 is 5.97 Å². The number of carbonyl (C=O) groups excluding carboxylic acids is 1. The van der Waals surface area contributed by atoms with Crippen molar-refractivity contribution in [2.45, 2.75) is 46.0 Å². The molecule has 0 fully saturated rings. The molecule has 0 aromatic rings. The fraction of sp³-hybridized carbons (Fsp3) is 0.933. The summed E-state index contributed by atoms with van der Waals surface area (Å²) in [4.78, 5) is 10.5. The maximum atomic E-state index is 10.5. The van der Waals surface area contributed by atoms with Crippen LogP contribution in [-0.4, -0.2) is 52.2 Å². The van der Waals surface area contributed by atoms with Crippen molar-refractivity contribution in [1.29, 1.82) is 0 Å². The number of carbonyl (C=O) groups is 1. The SMILES string of the molecule is CCCCOCCCOCCCOCCCOC(C)=O. The smallest absolute Gasteiger partial charge is 0.302 e. The van der Waals surface area contributed by atoms with Crippen molar-refractivity contribution in [2.24, 2.45) is 0 Å². The topological polar surface area (TPSA) is 54.0 Å². The van der Waals surface area contributed by atoms with E-state index in [4.69, 9.17) is 18.9 Å². The van der Waals surface area contributed by atoms with E-state index < -0.39 is 0 Å². The predicted molar refractivity (Wildman–Crippen MR) is 77.8 cm³/mol. The number of rotatable bonds is 15. The monoisotopic (exact) mass is 290 g/mol. The number of hydrogen-bond donors (Lipinski definition) is 0. The van der Waals surface area contributed by atoms with Gasteiger partial charge in [0, 0.05) is 53.0 Å². The third-order valence-corrected chi connectivity index (χ3v) is 2.54. The summed E-state index contributed by atoms with van der Waals surface area (Å²) >= 11 is 0. The first-order chi connectivity index (χ1) is 9.77. The molecule has 0 rings (SSSR count). The van der Waals surface area contributed by atoms with Gasteiger partial charge in [-0.1, -0.05) is 13.3 Å². The lowest BCUT2D eigenvalue weighted by Gasteiger charge is -2.06. The molecule has 0 aliphatic rings. The largest absolute Gasteiger partial charge is 0.466 e. The molecule has 0 amide bonds. The van der Waals surface area contributed by atoms with Crippen LogP contribution in [-0.2, 0) is 23.7 Å². The van der Waals surface area contributed by atoms with E-state index in [1.54, 1.807) is 0 Å². The summed E-state index contributed by atoms with van der Waals surface area (Å²) in [5, 5.41) is 0. The second kappa shape index (κ2) is 16.4. The van der Waals surface area contributed by atoms with Gasteiger partial charge >= 0.3 is 5.97 Å². The highest BCUT2D eigenvalue weighted by Gasteiger charge is 1.94. The van der Waals surface area contributed by atoms with Crippen molar-refractivity contribution in [3.8, 4) is 0 Å². The standard InChI is InChI=1S/C15H30O5/c1-3-4-8-17-9-5-10-18-11-6-12-19-13-7-14-20-15(2)16/h3-14H2,1-2H3. The molecular weight excluding hydrogens is 260 g/mol. The Morgan fingerprint density at radius 2 is 1.10 bits per heavy atom. The number of ether oxygens (including phenoxy) is 4. The lowest BCUT2D eigenvalue weighted by atomic mass is 10.4. The molecule has 120 valence electrons. The van der Waals surface area contributed by atoms with Crippen LogP contribution in [0.5, 0.6) is 0 Å². The Hall–Kier alpha value is -0.650. The third-order valence-electron chi connectivity index (χ3n) is 2.54. The van der Waals surface area contributed by atoms with Crippen molar-refractivity contribution in [3.63, 3.8) is 0 Å². The van der Waals surface area contributed by atoms with Crippen LogP contribution in [0.3, 0.4) is 0 Å². The molecule has 5 nitrogen and oxygen atoms in total. The summed E-state index contributed by atoms with van der Waals surface area (Å²) in [7, 11) is 0. The number of hydrogen-bond acceptors (Lipinski definition) is 5. The summed E-state index contributed by atoms with van der Waals surface area (Å²) in [5.74, 6) is -0.239. The minimum Gasteiger partial charge on any atom is -0.466 e. The van der Waals surface area contributed by atoms with Gasteiger partial charge < -0.3 is 18.9 Å². The van der Waals surface area contributed by atoms with Gasteiger partial charge in [-0.25, -0.2) is 0 Å². The fourth-order valence-electron chi connectivity index (χ4n) is 1.46. The summed E-state index contributed by atoms with van der Waals surface area (Å²) in [5.41, 5.74) is 0. The Morgan fingerprint density at radius 1 is 0.700 bits per heavy atom. The van der Waals surface area contributed by atoms with Crippen LogP contribution in [0.4, 0.5) is 0 Å². The highest BCUT2D eigenvalue weighted by Crippen LogP contribution is 1.93. The predicted octanol–water partition coefficient (Wildman–Crippen LogP) is 2.57. The molecule has 0 aliphatic heterocycles. The molecule has 20 heavy (non-hydrogen) atoms. The van der Waals surface area contributed by atoms with Gasteiger partial charge in [-0.15, -0.1) is 0 Å². The first-order valence-corrected chi connectivity index (χ1v) is 7.64. The maximum absolute atomic E-state index is 10.5. The van der Waals surface area contributed by atoms with E-state index in [1.165, 1.54) is 13.3 Å². The van der Waals surface area contributed by atoms with Gasteiger partial charge in [0.05, 0.1) is 6.61 Å². The summed E-state index contributed by atoms with van der Waals surface area (Å²) in [6, 6.07) is 0.